The molecule has 0 radical (unpaired) electrons. The van der Waals surface area contributed by atoms with Gasteiger partial charge in [-0.2, -0.15) is 0 Å². The van der Waals surface area contributed by atoms with Gasteiger partial charge in [0.15, 0.2) is 0 Å². The zero-order valence-corrected chi connectivity index (χ0v) is 19.8. The van der Waals surface area contributed by atoms with Crippen LogP contribution in [0.3, 0.4) is 0 Å². The van der Waals surface area contributed by atoms with E-state index in [1.54, 1.807) is 0 Å². The van der Waals surface area contributed by atoms with Crippen molar-refractivity contribution in [1.29, 1.82) is 0 Å². The lowest BCUT2D eigenvalue weighted by Crippen LogP contribution is -2.17. The van der Waals surface area contributed by atoms with E-state index in [9.17, 15) is 10.2 Å². The molecule has 33 heavy (non-hydrogen) atoms. The number of benzene rings is 2. The molecule has 4 rings (SSSR count). The molecule has 0 saturated heterocycles. The van der Waals surface area contributed by atoms with Gasteiger partial charge in [0.2, 0.25) is 0 Å². The van der Waals surface area contributed by atoms with Crippen molar-refractivity contribution >= 4 is 5.69 Å². The Morgan fingerprint density at radius 3 is 2.73 bits per heavy atom. The summed E-state index contributed by atoms with van der Waals surface area (Å²) in [6.45, 7) is 3.13. The lowest BCUT2D eigenvalue weighted by Gasteiger charge is -2.18. The second-order valence-corrected chi connectivity index (χ2v) is 9.60. The number of anilines is 1. The van der Waals surface area contributed by atoms with Crippen LogP contribution in [-0.4, -0.2) is 35.1 Å². The fourth-order valence-electron chi connectivity index (χ4n) is 5.35. The van der Waals surface area contributed by atoms with E-state index in [1.807, 2.05) is 18.2 Å². The molecule has 3 N–H and O–H groups in total. The van der Waals surface area contributed by atoms with Gasteiger partial charge >= 0.3 is 0 Å². The van der Waals surface area contributed by atoms with Gasteiger partial charge in [-0.3, -0.25) is 0 Å². The van der Waals surface area contributed by atoms with Crippen LogP contribution in [0.2, 0.25) is 0 Å². The van der Waals surface area contributed by atoms with Crippen molar-refractivity contribution in [3.05, 3.63) is 71.8 Å². The van der Waals surface area contributed by atoms with Gasteiger partial charge in [0.25, 0.3) is 0 Å². The zero-order chi connectivity index (χ0) is 23.0. The normalized spacial score (nSPS) is 24.5. The number of rotatable bonds is 12. The zero-order valence-electron chi connectivity index (χ0n) is 19.8. The van der Waals surface area contributed by atoms with Gasteiger partial charge in [-0.25, -0.2) is 0 Å². The molecule has 4 nitrogen and oxygen atoms in total. The number of nitrogens with one attached hydrogen (secondary N) is 1. The molecule has 178 valence electrons. The molecule has 4 heteroatoms. The molecular formula is C29H39NO3. The Morgan fingerprint density at radius 1 is 1.06 bits per heavy atom. The highest BCUT2D eigenvalue weighted by Gasteiger charge is 2.48. The number of aliphatic hydroxyl groups is 2. The average Bonchev–Trinajstić information content (AvgIpc) is 3.33. The summed E-state index contributed by atoms with van der Waals surface area (Å²) in [5.41, 5.74) is 3.67. The fraction of sp³-hybridized carbons (Fsp3) is 0.517. The summed E-state index contributed by atoms with van der Waals surface area (Å²) in [5.74, 6) is 1.22. The number of fused-ring (bicyclic) bond motifs is 3. The molecular weight excluding hydrogens is 410 g/mol. The van der Waals surface area contributed by atoms with Gasteiger partial charge in [-0.15, -0.1) is 0 Å². The van der Waals surface area contributed by atoms with Crippen LogP contribution in [-0.2, 0) is 6.42 Å². The second kappa shape index (κ2) is 11.7. The maximum absolute atomic E-state index is 10.7. The molecule has 2 aromatic carbocycles. The molecule has 1 saturated carbocycles. The number of aliphatic hydroxyl groups excluding tert-OH is 2. The van der Waals surface area contributed by atoms with Crippen molar-refractivity contribution in [3.8, 4) is 5.75 Å². The lowest BCUT2D eigenvalue weighted by atomic mass is 9.86. The van der Waals surface area contributed by atoms with E-state index in [0.29, 0.717) is 6.42 Å². The predicted molar refractivity (Wildman–Crippen MR) is 135 cm³/mol. The van der Waals surface area contributed by atoms with E-state index in [-0.39, 0.29) is 17.9 Å². The minimum Gasteiger partial charge on any atom is -0.489 e. The van der Waals surface area contributed by atoms with Crippen LogP contribution in [0.5, 0.6) is 5.75 Å². The Balaban J connectivity index is 1.34. The summed E-state index contributed by atoms with van der Waals surface area (Å²) in [7, 11) is 0. The smallest absolute Gasteiger partial charge is 0.126 e. The van der Waals surface area contributed by atoms with Crippen LogP contribution in [0.1, 0.15) is 68.9 Å². The molecule has 0 amide bonds. The van der Waals surface area contributed by atoms with Crippen molar-refractivity contribution in [2.24, 2.45) is 5.92 Å². The number of hydrogen-bond acceptors (Lipinski definition) is 4. The molecule has 0 aromatic heterocycles. The van der Waals surface area contributed by atoms with Gasteiger partial charge in [-0.1, -0.05) is 74.7 Å². The van der Waals surface area contributed by atoms with Crippen LogP contribution in [0.25, 0.3) is 0 Å². The predicted octanol–water partition coefficient (Wildman–Crippen LogP) is 5.84. The van der Waals surface area contributed by atoms with Gasteiger partial charge in [-0.05, 0) is 43.4 Å². The Bertz CT molecular complexity index is 897. The third kappa shape index (κ3) is 5.99. The summed E-state index contributed by atoms with van der Waals surface area (Å²) in [6.07, 6.45) is 11.1. The van der Waals surface area contributed by atoms with E-state index < -0.39 is 12.2 Å². The fourth-order valence-corrected chi connectivity index (χ4v) is 5.35. The molecule has 1 aliphatic carbocycles. The van der Waals surface area contributed by atoms with Crippen molar-refractivity contribution in [3.63, 3.8) is 0 Å². The number of aryl methyl sites for hydroxylation is 1. The third-order valence-corrected chi connectivity index (χ3v) is 7.12. The van der Waals surface area contributed by atoms with Crippen molar-refractivity contribution in [1.82, 2.24) is 0 Å². The molecule has 1 fully saturated rings. The Morgan fingerprint density at radius 2 is 1.91 bits per heavy atom. The van der Waals surface area contributed by atoms with Crippen molar-refractivity contribution in [2.45, 2.75) is 82.5 Å². The van der Waals surface area contributed by atoms with E-state index in [0.717, 1.165) is 57.2 Å². The highest BCUT2D eigenvalue weighted by molar-refractivity contribution is 5.49. The maximum Gasteiger partial charge on any atom is 0.126 e. The van der Waals surface area contributed by atoms with Crippen LogP contribution in [0.4, 0.5) is 5.69 Å². The van der Waals surface area contributed by atoms with Gasteiger partial charge < -0.3 is 20.3 Å². The van der Waals surface area contributed by atoms with Gasteiger partial charge in [0.05, 0.1) is 12.2 Å². The van der Waals surface area contributed by atoms with Crippen molar-refractivity contribution in [2.75, 3.05) is 11.9 Å². The lowest BCUT2D eigenvalue weighted by molar-refractivity contribution is 0.135. The third-order valence-electron chi connectivity index (χ3n) is 7.12. The van der Waals surface area contributed by atoms with Crippen molar-refractivity contribution < 1.29 is 14.9 Å². The largest absolute Gasteiger partial charge is 0.489 e. The van der Waals surface area contributed by atoms with E-state index in [2.05, 4.69) is 54.7 Å². The summed E-state index contributed by atoms with van der Waals surface area (Å²) in [6, 6.07) is 16.8. The molecule has 5 atom stereocenters. The molecule has 0 unspecified atom stereocenters. The monoisotopic (exact) mass is 449 g/mol. The molecule has 1 aliphatic heterocycles. The SMILES string of the molecule is CCCCC[C@H](O)/C=C/[C@@H]1[C@H]2c3cccc(CCCCNc4ccccc4)c3O[C@H]2C[C@H]1O. The summed E-state index contributed by atoms with van der Waals surface area (Å²) < 4.78 is 6.40. The van der Waals surface area contributed by atoms with Gasteiger partial charge in [0, 0.05) is 36.1 Å². The molecule has 0 spiro atoms. The minimum absolute atomic E-state index is 0.00222. The highest BCUT2D eigenvalue weighted by Crippen LogP contribution is 2.52. The number of unbranched alkanes of at least 4 members (excludes halogenated alkanes) is 3. The van der Waals surface area contributed by atoms with E-state index in [1.165, 1.54) is 16.8 Å². The standard InChI is InChI=1S/C29H39NO3/c1-2-3-5-15-23(31)17-18-24-26(32)20-27-28(24)25-16-10-12-21(29(25)33-27)11-8-9-19-30-22-13-6-4-7-14-22/h4,6-7,10,12-14,16-18,23-24,26-28,30-32H,2-3,5,8-9,11,15,19-20H2,1H3/b18-17+/t23-,24-,26+,27-,28-/m0/s1. The first-order valence-corrected chi connectivity index (χ1v) is 12.8. The highest BCUT2D eigenvalue weighted by atomic mass is 16.5. The summed E-state index contributed by atoms with van der Waals surface area (Å²) in [4.78, 5) is 0. The molecule has 2 aromatic rings. The first-order chi connectivity index (χ1) is 16.2. The molecule has 0 bridgehead atoms. The van der Waals surface area contributed by atoms with Crippen LogP contribution in [0, 0.1) is 5.92 Å². The number of ether oxygens (including phenoxy) is 1. The Labute approximate surface area is 198 Å². The quantitative estimate of drug-likeness (QED) is 0.281. The van der Waals surface area contributed by atoms with Gasteiger partial charge in [0.1, 0.15) is 11.9 Å². The first-order valence-electron chi connectivity index (χ1n) is 12.8. The van der Waals surface area contributed by atoms with Crippen LogP contribution >= 0.6 is 0 Å². The second-order valence-electron chi connectivity index (χ2n) is 9.60. The minimum atomic E-state index is -0.430. The van der Waals surface area contributed by atoms with Crippen LogP contribution in [0.15, 0.2) is 60.7 Å². The van der Waals surface area contributed by atoms with E-state index in [4.69, 9.17) is 4.74 Å². The van der Waals surface area contributed by atoms with Crippen LogP contribution < -0.4 is 10.1 Å². The Kier molecular flexibility index (Phi) is 8.46. The topological polar surface area (TPSA) is 61.7 Å². The number of hydrogen-bond donors (Lipinski definition) is 3. The molecule has 2 aliphatic rings. The summed E-state index contributed by atoms with van der Waals surface area (Å²) >= 11 is 0. The Hall–Kier alpha value is -2.30. The van der Waals surface area contributed by atoms with E-state index >= 15 is 0 Å². The maximum atomic E-state index is 10.7. The first kappa shape index (κ1) is 23.8. The number of para-hydroxylation sites is 2. The summed E-state index contributed by atoms with van der Waals surface area (Å²) in [5, 5.41) is 24.5. The molecule has 1 heterocycles. The average molecular weight is 450 g/mol.